The minimum Gasteiger partial charge on any atom is -0.462 e. The van der Waals surface area contributed by atoms with Gasteiger partial charge in [0, 0.05) is 0 Å². The van der Waals surface area contributed by atoms with E-state index >= 15 is 0 Å². The zero-order valence-corrected chi connectivity index (χ0v) is 17.3. The van der Waals surface area contributed by atoms with Crippen LogP contribution >= 0.6 is 0 Å². The van der Waals surface area contributed by atoms with Crippen molar-refractivity contribution < 1.29 is 23.5 Å². The summed E-state index contributed by atoms with van der Waals surface area (Å²) in [5.74, 6) is 0.212. The normalized spacial score (nSPS) is 24.0. The van der Waals surface area contributed by atoms with Crippen LogP contribution in [-0.2, 0) is 16.1 Å². The molecule has 10 heteroatoms. The number of aryl methyl sites for hydroxylation is 1. The molecule has 1 saturated heterocycles. The van der Waals surface area contributed by atoms with E-state index in [-0.39, 0.29) is 47.4 Å². The number of nitrogens with two attached hydrogens (primary N) is 1. The lowest BCUT2D eigenvalue weighted by atomic mass is 9.77. The van der Waals surface area contributed by atoms with Crippen LogP contribution in [0.4, 0.5) is 10.6 Å². The van der Waals surface area contributed by atoms with Gasteiger partial charge in [-0.15, -0.1) is 0 Å². The Balaban J connectivity index is 1.62. The third kappa shape index (κ3) is 3.16. The molecule has 3 heterocycles. The van der Waals surface area contributed by atoms with Gasteiger partial charge in [0.05, 0.1) is 18.5 Å². The zero-order chi connectivity index (χ0) is 21.6. The molecule has 2 fully saturated rings. The third-order valence-corrected chi connectivity index (χ3v) is 5.95. The summed E-state index contributed by atoms with van der Waals surface area (Å²) in [5.41, 5.74) is 5.54. The summed E-state index contributed by atoms with van der Waals surface area (Å²) >= 11 is 0. The van der Waals surface area contributed by atoms with Crippen LogP contribution in [-0.4, -0.2) is 44.9 Å². The molecule has 1 aliphatic carbocycles. The van der Waals surface area contributed by atoms with Crippen molar-refractivity contribution in [3.8, 4) is 0 Å². The van der Waals surface area contributed by atoms with Gasteiger partial charge in [0.2, 0.25) is 5.71 Å². The standard InChI is InChI=1S/C20H25N5O5/c1-4-29-17(26)13-11(3)30-16-14(13)15(21)22-12(23-16)9-25-18(27)20(24-19(25)28)7-5-10(2)6-8-20/h10H,4-9H2,1-3H3,(H,24,28)(H2,21,22,23). The molecule has 2 aromatic rings. The maximum absolute atomic E-state index is 13.0. The van der Waals surface area contributed by atoms with Crippen molar-refractivity contribution in [1.29, 1.82) is 0 Å². The van der Waals surface area contributed by atoms with Crippen molar-refractivity contribution in [2.45, 2.75) is 58.5 Å². The largest absolute Gasteiger partial charge is 0.462 e. The lowest BCUT2D eigenvalue weighted by Gasteiger charge is -2.33. The van der Waals surface area contributed by atoms with E-state index in [1.54, 1.807) is 13.8 Å². The highest BCUT2D eigenvalue weighted by atomic mass is 16.5. The van der Waals surface area contributed by atoms with Crippen LogP contribution in [0.1, 0.15) is 61.5 Å². The first-order valence-corrected chi connectivity index (χ1v) is 10.1. The fourth-order valence-corrected chi connectivity index (χ4v) is 4.26. The summed E-state index contributed by atoms with van der Waals surface area (Å²) in [6, 6.07) is -0.459. The Hall–Kier alpha value is -3.17. The first kappa shape index (κ1) is 20.1. The van der Waals surface area contributed by atoms with Gasteiger partial charge in [0.25, 0.3) is 5.91 Å². The number of imide groups is 1. The average Bonchev–Trinajstić information content (AvgIpc) is 3.14. The predicted octanol–water partition coefficient (Wildman–Crippen LogP) is 2.29. The minimum absolute atomic E-state index is 0.0307. The Bertz CT molecular complexity index is 1040. The minimum atomic E-state index is -0.836. The van der Waals surface area contributed by atoms with E-state index in [1.165, 1.54) is 0 Å². The van der Waals surface area contributed by atoms with Crippen LogP contribution in [0.2, 0.25) is 0 Å². The molecule has 0 unspecified atom stereocenters. The molecule has 0 bridgehead atoms. The maximum atomic E-state index is 13.0. The van der Waals surface area contributed by atoms with Gasteiger partial charge < -0.3 is 20.2 Å². The number of nitrogens with one attached hydrogen (secondary N) is 1. The molecule has 0 aromatic carbocycles. The Morgan fingerprint density at radius 1 is 1.33 bits per heavy atom. The summed E-state index contributed by atoms with van der Waals surface area (Å²) in [6.45, 7) is 5.53. The monoisotopic (exact) mass is 415 g/mol. The Kier molecular flexibility index (Phi) is 4.87. The molecule has 160 valence electrons. The molecule has 2 aliphatic rings. The number of furan rings is 1. The molecule has 0 radical (unpaired) electrons. The molecule has 4 rings (SSSR count). The highest BCUT2D eigenvalue weighted by Gasteiger charge is 2.52. The number of urea groups is 1. The fourth-order valence-electron chi connectivity index (χ4n) is 4.26. The quantitative estimate of drug-likeness (QED) is 0.572. The number of aromatic nitrogens is 2. The molecular weight excluding hydrogens is 390 g/mol. The molecule has 2 aromatic heterocycles. The topological polar surface area (TPSA) is 141 Å². The van der Waals surface area contributed by atoms with E-state index in [0.717, 1.165) is 17.7 Å². The van der Waals surface area contributed by atoms with Crippen molar-refractivity contribution in [3.05, 3.63) is 17.1 Å². The Morgan fingerprint density at radius 3 is 2.70 bits per heavy atom. The number of esters is 1. The Labute approximate surface area is 173 Å². The second-order valence-corrected chi connectivity index (χ2v) is 8.05. The van der Waals surface area contributed by atoms with Gasteiger partial charge in [-0.1, -0.05) is 6.92 Å². The van der Waals surface area contributed by atoms with E-state index in [0.29, 0.717) is 24.5 Å². The summed E-state index contributed by atoms with van der Waals surface area (Å²) in [6.07, 6.45) is 3.02. The van der Waals surface area contributed by atoms with Crippen molar-refractivity contribution in [2.75, 3.05) is 12.3 Å². The smallest absolute Gasteiger partial charge is 0.342 e. The molecule has 1 aliphatic heterocycles. The molecule has 1 spiro atoms. The van der Waals surface area contributed by atoms with E-state index in [1.807, 2.05) is 0 Å². The van der Waals surface area contributed by atoms with Crippen LogP contribution in [0, 0.1) is 12.8 Å². The number of carbonyl (C=O) groups excluding carboxylic acids is 3. The number of amides is 3. The molecule has 0 atom stereocenters. The number of nitrogen functional groups attached to an aromatic ring is 1. The first-order valence-electron chi connectivity index (χ1n) is 10.1. The number of hydrogen-bond acceptors (Lipinski definition) is 8. The number of nitrogens with zero attached hydrogens (tertiary/aromatic N) is 3. The van der Waals surface area contributed by atoms with Crippen molar-refractivity contribution in [1.82, 2.24) is 20.2 Å². The van der Waals surface area contributed by atoms with Crippen molar-refractivity contribution >= 4 is 34.8 Å². The Morgan fingerprint density at radius 2 is 2.03 bits per heavy atom. The molecule has 1 saturated carbocycles. The number of hydrogen-bond donors (Lipinski definition) is 2. The summed E-state index contributed by atoms with van der Waals surface area (Å²) in [4.78, 5) is 47.5. The highest BCUT2D eigenvalue weighted by molar-refractivity contribution is 6.08. The molecule has 30 heavy (non-hydrogen) atoms. The maximum Gasteiger partial charge on any atom is 0.342 e. The van der Waals surface area contributed by atoms with E-state index in [4.69, 9.17) is 14.9 Å². The van der Waals surface area contributed by atoms with E-state index in [2.05, 4.69) is 22.2 Å². The molecule has 3 amide bonds. The number of anilines is 1. The van der Waals surface area contributed by atoms with Gasteiger partial charge in [-0.25, -0.2) is 14.6 Å². The second-order valence-electron chi connectivity index (χ2n) is 8.05. The lowest BCUT2D eigenvalue weighted by molar-refractivity contribution is -0.133. The summed E-state index contributed by atoms with van der Waals surface area (Å²) in [5, 5.41) is 3.14. The van der Waals surface area contributed by atoms with Gasteiger partial charge in [-0.05, 0) is 45.4 Å². The first-order chi connectivity index (χ1) is 14.3. The third-order valence-electron chi connectivity index (χ3n) is 5.95. The number of fused-ring (bicyclic) bond motifs is 1. The van der Waals surface area contributed by atoms with E-state index in [9.17, 15) is 14.4 Å². The fraction of sp³-hybridized carbons (Fsp3) is 0.550. The SMILES string of the molecule is CCOC(=O)c1c(C)oc2nc(CN3C(=O)NC4(CCC(C)CC4)C3=O)nc(N)c12. The number of rotatable bonds is 4. The van der Waals surface area contributed by atoms with Gasteiger partial charge in [0.1, 0.15) is 22.7 Å². The van der Waals surface area contributed by atoms with Crippen LogP contribution in [0.25, 0.3) is 11.1 Å². The molecule has 10 nitrogen and oxygen atoms in total. The number of carbonyl (C=O) groups is 3. The van der Waals surface area contributed by atoms with Crippen molar-refractivity contribution in [2.24, 2.45) is 5.92 Å². The second kappa shape index (κ2) is 7.26. The predicted molar refractivity (Wildman–Crippen MR) is 106 cm³/mol. The van der Waals surface area contributed by atoms with Gasteiger partial charge in [-0.3, -0.25) is 9.69 Å². The molecule has 3 N–H and O–H groups in total. The van der Waals surface area contributed by atoms with Gasteiger partial charge in [-0.2, -0.15) is 4.98 Å². The molecular formula is C20H25N5O5. The van der Waals surface area contributed by atoms with E-state index < -0.39 is 17.5 Å². The highest BCUT2D eigenvalue weighted by Crippen LogP contribution is 2.37. The summed E-state index contributed by atoms with van der Waals surface area (Å²) in [7, 11) is 0. The zero-order valence-electron chi connectivity index (χ0n) is 17.3. The van der Waals surface area contributed by atoms with Gasteiger partial charge >= 0.3 is 12.0 Å². The van der Waals surface area contributed by atoms with Crippen LogP contribution in [0.15, 0.2) is 4.42 Å². The van der Waals surface area contributed by atoms with Crippen LogP contribution in [0.5, 0.6) is 0 Å². The van der Waals surface area contributed by atoms with Crippen LogP contribution < -0.4 is 11.1 Å². The average molecular weight is 415 g/mol. The number of ether oxygens (including phenoxy) is 1. The summed E-state index contributed by atoms with van der Waals surface area (Å²) < 4.78 is 10.6. The van der Waals surface area contributed by atoms with Crippen molar-refractivity contribution in [3.63, 3.8) is 0 Å². The van der Waals surface area contributed by atoms with Crippen LogP contribution in [0.3, 0.4) is 0 Å². The van der Waals surface area contributed by atoms with Gasteiger partial charge in [0.15, 0.2) is 5.82 Å². The lowest BCUT2D eigenvalue weighted by Crippen LogP contribution is -2.49.